The van der Waals surface area contributed by atoms with Crippen molar-refractivity contribution in [2.24, 2.45) is 5.41 Å². The maximum Gasteiger partial charge on any atom is 0.307 e. The van der Waals surface area contributed by atoms with Crippen molar-refractivity contribution in [1.82, 2.24) is 16.0 Å². The smallest absolute Gasteiger partial charge is 0.307 e. The standard InChI is InChI=1S/C43H77N3O12/c1-5-7-8-9-10-11-12-13-14-15-16-17-18-19-20-21-39(49)55-33-30-46-27-24-42(52)58-36-43(6-2,34-56-40(50)22-25-44-28-31-53-37(3)47)35-57-41(51)23-26-45-29-32-54-38(4)48/h13-14,44-46H,5-12,15-36H2,1-4H3. The molecule has 0 aromatic rings. The Balaban J connectivity index is 4.41. The molecule has 0 radical (unpaired) electrons. The van der Waals surface area contributed by atoms with Crippen LogP contribution in [0, 0.1) is 5.41 Å². The first-order valence-corrected chi connectivity index (χ1v) is 21.7. The van der Waals surface area contributed by atoms with Crippen molar-refractivity contribution in [3.63, 3.8) is 0 Å². The molecule has 3 N–H and O–H groups in total. The maximum atomic E-state index is 12.6. The van der Waals surface area contributed by atoms with Crippen molar-refractivity contribution in [1.29, 1.82) is 0 Å². The normalized spacial score (nSPS) is 11.3. The van der Waals surface area contributed by atoms with Crippen molar-refractivity contribution in [3.8, 4) is 0 Å². The Morgan fingerprint density at radius 3 is 1.19 bits per heavy atom. The average Bonchev–Trinajstić information content (AvgIpc) is 3.19. The number of ether oxygens (including phenoxy) is 6. The van der Waals surface area contributed by atoms with E-state index in [1.807, 2.05) is 6.92 Å². The van der Waals surface area contributed by atoms with Crippen LogP contribution in [0.25, 0.3) is 0 Å². The van der Waals surface area contributed by atoms with E-state index >= 15 is 0 Å². The molecule has 0 aliphatic heterocycles. The summed E-state index contributed by atoms with van der Waals surface area (Å²) < 4.78 is 31.6. The summed E-state index contributed by atoms with van der Waals surface area (Å²) >= 11 is 0. The zero-order chi connectivity index (χ0) is 43.0. The molecule has 0 amide bonds. The monoisotopic (exact) mass is 828 g/mol. The van der Waals surface area contributed by atoms with Gasteiger partial charge in [-0.1, -0.05) is 77.4 Å². The molecule has 15 nitrogen and oxygen atoms in total. The number of unbranched alkanes of at least 4 members (excludes halogenated alkanes) is 11. The van der Waals surface area contributed by atoms with E-state index in [-0.39, 0.29) is 76.8 Å². The second-order valence-electron chi connectivity index (χ2n) is 14.6. The van der Waals surface area contributed by atoms with Gasteiger partial charge in [0, 0.05) is 59.5 Å². The van der Waals surface area contributed by atoms with Crippen LogP contribution in [0.5, 0.6) is 0 Å². The van der Waals surface area contributed by atoms with E-state index in [1.165, 1.54) is 71.6 Å². The quantitative estimate of drug-likeness (QED) is 0.0296. The van der Waals surface area contributed by atoms with E-state index in [0.717, 1.165) is 25.7 Å². The lowest BCUT2D eigenvalue weighted by molar-refractivity contribution is -0.162. The summed E-state index contributed by atoms with van der Waals surface area (Å²) in [5.74, 6) is -2.47. The van der Waals surface area contributed by atoms with Gasteiger partial charge in [-0.05, 0) is 38.5 Å². The molecule has 0 spiro atoms. The third-order valence-electron chi connectivity index (χ3n) is 9.24. The number of carbonyl (C=O) groups excluding carboxylic acids is 6. The van der Waals surface area contributed by atoms with Crippen molar-refractivity contribution in [3.05, 3.63) is 12.2 Å². The lowest BCUT2D eigenvalue weighted by Gasteiger charge is -2.31. The molecule has 15 heteroatoms. The molecule has 0 saturated carbocycles. The van der Waals surface area contributed by atoms with Crippen LogP contribution in [0.1, 0.15) is 143 Å². The van der Waals surface area contributed by atoms with Gasteiger partial charge in [-0.25, -0.2) is 0 Å². The molecule has 58 heavy (non-hydrogen) atoms. The van der Waals surface area contributed by atoms with Gasteiger partial charge < -0.3 is 44.4 Å². The minimum atomic E-state index is -0.974. The number of nitrogens with one attached hydrogen (secondary N) is 3. The fourth-order valence-electron chi connectivity index (χ4n) is 5.48. The molecule has 0 atom stereocenters. The van der Waals surface area contributed by atoms with Gasteiger partial charge in [-0.15, -0.1) is 0 Å². The predicted octanol–water partition coefficient (Wildman–Crippen LogP) is 5.66. The number of allylic oxidation sites excluding steroid dienone is 2. The molecule has 0 saturated heterocycles. The van der Waals surface area contributed by atoms with Crippen LogP contribution >= 0.6 is 0 Å². The second kappa shape index (κ2) is 38.9. The van der Waals surface area contributed by atoms with E-state index in [9.17, 15) is 28.8 Å². The molecule has 0 bridgehead atoms. The predicted molar refractivity (Wildman–Crippen MR) is 222 cm³/mol. The van der Waals surface area contributed by atoms with E-state index in [0.29, 0.717) is 52.1 Å². The third kappa shape index (κ3) is 36.8. The minimum absolute atomic E-state index is 0.0527. The fourth-order valence-corrected chi connectivity index (χ4v) is 5.48. The first-order valence-electron chi connectivity index (χ1n) is 21.7. The molecular formula is C43H77N3O12. The molecule has 0 aromatic carbocycles. The zero-order valence-corrected chi connectivity index (χ0v) is 36.3. The van der Waals surface area contributed by atoms with Gasteiger partial charge in [0.25, 0.3) is 0 Å². The molecule has 0 aromatic heterocycles. The zero-order valence-electron chi connectivity index (χ0n) is 36.3. The van der Waals surface area contributed by atoms with Gasteiger partial charge in [-0.3, -0.25) is 28.8 Å². The Kier molecular flexibility index (Phi) is 36.5. The topological polar surface area (TPSA) is 194 Å². The molecule has 0 aliphatic rings. The third-order valence-corrected chi connectivity index (χ3v) is 9.24. The Labute approximate surface area is 348 Å². The highest BCUT2D eigenvalue weighted by atomic mass is 16.6. The summed E-state index contributed by atoms with van der Waals surface area (Å²) in [6.07, 6.45) is 21.2. The van der Waals surface area contributed by atoms with Crippen LogP contribution in [0.4, 0.5) is 0 Å². The maximum absolute atomic E-state index is 12.6. The Morgan fingerprint density at radius 2 is 0.793 bits per heavy atom. The van der Waals surface area contributed by atoms with E-state index in [4.69, 9.17) is 28.4 Å². The number of hydrogen-bond acceptors (Lipinski definition) is 15. The molecule has 0 fully saturated rings. The van der Waals surface area contributed by atoms with Crippen LogP contribution in [-0.2, 0) is 57.2 Å². The Morgan fingerprint density at radius 1 is 0.431 bits per heavy atom. The second-order valence-corrected chi connectivity index (χ2v) is 14.6. The highest BCUT2D eigenvalue weighted by Gasteiger charge is 2.34. The summed E-state index contributed by atoms with van der Waals surface area (Å²) in [5, 5.41) is 9.05. The average molecular weight is 828 g/mol. The largest absolute Gasteiger partial charge is 0.465 e. The van der Waals surface area contributed by atoms with Crippen LogP contribution in [0.2, 0.25) is 0 Å². The van der Waals surface area contributed by atoms with Crippen molar-refractivity contribution in [2.45, 2.75) is 143 Å². The van der Waals surface area contributed by atoms with Gasteiger partial charge in [0.15, 0.2) is 0 Å². The minimum Gasteiger partial charge on any atom is -0.465 e. The fraction of sp³-hybridized carbons (Fsp3) is 0.814. The van der Waals surface area contributed by atoms with Crippen LogP contribution < -0.4 is 16.0 Å². The first kappa shape index (κ1) is 54.4. The van der Waals surface area contributed by atoms with Gasteiger partial charge >= 0.3 is 35.8 Å². The van der Waals surface area contributed by atoms with Gasteiger partial charge in [0.2, 0.25) is 0 Å². The summed E-state index contributed by atoms with van der Waals surface area (Å²) in [4.78, 5) is 71.5. The summed E-state index contributed by atoms with van der Waals surface area (Å²) in [6.45, 7) is 8.93. The highest BCUT2D eigenvalue weighted by molar-refractivity contribution is 5.71. The van der Waals surface area contributed by atoms with E-state index in [2.05, 4.69) is 35.0 Å². The van der Waals surface area contributed by atoms with E-state index < -0.39 is 23.3 Å². The lowest BCUT2D eigenvalue weighted by atomic mass is 9.88. The molecule has 0 heterocycles. The van der Waals surface area contributed by atoms with Crippen molar-refractivity contribution >= 4 is 35.8 Å². The summed E-state index contributed by atoms with van der Waals surface area (Å²) in [5.41, 5.74) is -0.974. The van der Waals surface area contributed by atoms with E-state index in [1.54, 1.807) is 0 Å². The molecule has 0 rings (SSSR count). The Hall–Kier alpha value is -3.56. The number of carbonyl (C=O) groups is 6. The van der Waals surface area contributed by atoms with Crippen LogP contribution in [0.15, 0.2) is 12.2 Å². The van der Waals surface area contributed by atoms with Crippen molar-refractivity contribution < 1.29 is 57.2 Å². The molecule has 336 valence electrons. The Bertz CT molecular complexity index is 1090. The highest BCUT2D eigenvalue weighted by Crippen LogP contribution is 2.25. The SMILES string of the molecule is CCCCCCCCC=CCCCCCCCC(=O)OCCNCCC(=O)OCC(CC)(COC(=O)CCNCCOC(C)=O)COC(=O)CCNCCOC(C)=O. The summed E-state index contributed by atoms with van der Waals surface area (Å²) in [7, 11) is 0. The van der Waals surface area contributed by atoms with Crippen LogP contribution in [0.3, 0.4) is 0 Å². The number of esters is 6. The number of rotatable bonds is 40. The molecule has 0 unspecified atom stereocenters. The van der Waals surface area contributed by atoms with Gasteiger partial charge in [-0.2, -0.15) is 0 Å². The van der Waals surface area contributed by atoms with Gasteiger partial charge in [0.05, 0.1) is 24.7 Å². The molecular weight excluding hydrogens is 750 g/mol. The number of hydrogen-bond donors (Lipinski definition) is 3. The van der Waals surface area contributed by atoms with Gasteiger partial charge in [0.1, 0.15) is 39.6 Å². The lowest BCUT2D eigenvalue weighted by Crippen LogP contribution is -2.39. The summed E-state index contributed by atoms with van der Waals surface area (Å²) in [6, 6.07) is 0. The van der Waals surface area contributed by atoms with Crippen LogP contribution in [-0.4, -0.2) is 115 Å². The van der Waals surface area contributed by atoms with Crippen molar-refractivity contribution in [2.75, 3.05) is 78.9 Å². The molecule has 0 aliphatic carbocycles. The first-order chi connectivity index (χ1) is 28.0.